The van der Waals surface area contributed by atoms with Gasteiger partial charge >= 0.3 is 0 Å². The van der Waals surface area contributed by atoms with E-state index in [9.17, 15) is 9.18 Å². The fourth-order valence-electron chi connectivity index (χ4n) is 2.16. The predicted octanol–water partition coefficient (Wildman–Crippen LogP) is 3.95. The number of carbonyl (C=O) groups is 1. The Kier molecular flexibility index (Phi) is 6.27. The van der Waals surface area contributed by atoms with Gasteiger partial charge in [-0.1, -0.05) is 42.5 Å². The molecule has 4 heteroatoms. The van der Waals surface area contributed by atoms with Gasteiger partial charge in [-0.15, -0.1) is 0 Å². The van der Waals surface area contributed by atoms with E-state index in [-0.39, 0.29) is 11.7 Å². The summed E-state index contributed by atoms with van der Waals surface area (Å²) in [5.41, 5.74) is 1.37. The van der Waals surface area contributed by atoms with E-state index in [2.05, 4.69) is 5.32 Å². The van der Waals surface area contributed by atoms with Gasteiger partial charge in [0.2, 0.25) is 5.91 Å². The molecule has 0 aromatic heterocycles. The van der Waals surface area contributed by atoms with Gasteiger partial charge in [-0.25, -0.2) is 4.39 Å². The Balaban J connectivity index is 1.79. The van der Waals surface area contributed by atoms with Crippen molar-refractivity contribution in [2.24, 2.45) is 0 Å². The van der Waals surface area contributed by atoms with E-state index in [1.165, 1.54) is 18.2 Å². The molecule has 3 nitrogen and oxygen atoms in total. The van der Waals surface area contributed by atoms with Crippen molar-refractivity contribution in [2.75, 3.05) is 6.61 Å². The highest BCUT2D eigenvalue weighted by molar-refractivity contribution is 5.92. The van der Waals surface area contributed by atoms with Crippen LogP contribution < -0.4 is 5.32 Å². The zero-order valence-corrected chi connectivity index (χ0v) is 14.0. The lowest BCUT2D eigenvalue weighted by Crippen LogP contribution is -2.46. The third kappa shape index (κ3) is 6.34. The second-order valence-corrected chi connectivity index (χ2v) is 6.24. The molecule has 24 heavy (non-hydrogen) atoms. The summed E-state index contributed by atoms with van der Waals surface area (Å²) in [4.78, 5) is 12.0. The molecule has 0 aliphatic carbocycles. The van der Waals surface area contributed by atoms with Crippen LogP contribution in [-0.4, -0.2) is 18.1 Å². The van der Waals surface area contributed by atoms with Crippen molar-refractivity contribution < 1.29 is 13.9 Å². The Bertz CT molecular complexity index is 679. The van der Waals surface area contributed by atoms with Crippen LogP contribution in [0.3, 0.4) is 0 Å². The minimum absolute atomic E-state index is 0.215. The van der Waals surface area contributed by atoms with E-state index in [0.717, 1.165) is 11.1 Å². The molecule has 2 rings (SSSR count). The van der Waals surface area contributed by atoms with Crippen molar-refractivity contribution in [2.45, 2.75) is 26.0 Å². The number of ether oxygens (including phenoxy) is 1. The van der Waals surface area contributed by atoms with Crippen LogP contribution in [0.4, 0.5) is 4.39 Å². The molecule has 1 N–H and O–H groups in total. The van der Waals surface area contributed by atoms with Crippen LogP contribution in [0.25, 0.3) is 6.08 Å². The topological polar surface area (TPSA) is 38.3 Å². The molecule has 1 amide bonds. The molecule has 126 valence electrons. The summed E-state index contributed by atoms with van der Waals surface area (Å²) >= 11 is 0. The molecule has 0 atom stereocenters. The van der Waals surface area contributed by atoms with E-state index in [0.29, 0.717) is 13.2 Å². The molecule has 0 saturated carbocycles. The molecule has 0 heterocycles. The second kappa shape index (κ2) is 8.41. The van der Waals surface area contributed by atoms with Gasteiger partial charge in [-0.2, -0.15) is 0 Å². The lowest BCUT2D eigenvalue weighted by Gasteiger charge is -2.25. The van der Waals surface area contributed by atoms with Crippen LogP contribution in [0, 0.1) is 5.82 Å². The van der Waals surface area contributed by atoms with Gasteiger partial charge in [0.1, 0.15) is 5.82 Å². The van der Waals surface area contributed by atoms with Gasteiger partial charge in [0.05, 0.1) is 18.8 Å². The molecular formula is C20H22FNO2. The van der Waals surface area contributed by atoms with Crippen LogP contribution in [0.2, 0.25) is 0 Å². The Labute approximate surface area is 142 Å². The van der Waals surface area contributed by atoms with Gasteiger partial charge in [0.15, 0.2) is 0 Å². The fraction of sp³-hybridized carbons (Fsp3) is 0.250. The van der Waals surface area contributed by atoms with Gasteiger partial charge < -0.3 is 10.1 Å². The van der Waals surface area contributed by atoms with E-state index in [1.54, 1.807) is 18.2 Å². The smallest absolute Gasteiger partial charge is 0.244 e. The third-order valence-corrected chi connectivity index (χ3v) is 3.33. The first-order valence-electron chi connectivity index (χ1n) is 7.82. The van der Waals surface area contributed by atoms with Gasteiger partial charge in [0, 0.05) is 6.08 Å². The third-order valence-electron chi connectivity index (χ3n) is 3.33. The van der Waals surface area contributed by atoms with Crippen molar-refractivity contribution in [3.8, 4) is 0 Å². The number of hydrogen-bond acceptors (Lipinski definition) is 2. The molecule has 0 aliphatic heterocycles. The van der Waals surface area contributed by atoms with Crippen molar-refractivity contribution in [1.82, 2.24) is 5.32 Å². The minimum atomic E-state index is -0.487. The maximum atomic E-state index is 12.8. The number of carbonyl (C=O) groups excluding carboxylic acids is 1. The number of benzene rings is 2. The summed E-state index contributed by atoms with van der Waals surface area (Å²) in [7, 11) is 0. The molecule has 0 radical (unpaired) electrons. The maximum absolute atomic E-state index is 12.8. The summed E-state index contributed by atoms with van der Waals surface area (Å²) in [5.74, 6) is -0.513. The lowest BCUT2D eigenvalue weighted by atomic mass is 10.1. The van der Waals surface area contributed by atoms with Crippen molar-refractivity contribution in [3.63, 3.8) is 0 Å². The Hall–Kier alpha value is -2.46. The number of nitrogens with one attached hydrogen (secondary N) is 1. The highest BCUT2D eigenvalue weighted by atomic mass is 19.1. The van der Waals surface area contributed by atoms with Crippen LogP contribution >= 0.6 is 0 Å². The zero-order chi connectivity index (χ0) is 17.4. The molecule has 0 spiro atoms. The van der Waals surface area contributed by atoms with Gasteiger partial charge in [-0.05, 0) is 43.2 Å². The van der Waals surface area contributed by atoms with E-state index in [4.69, 9.17) is 4.74 Å². The highest BCUT2D eigenvalue weighted by Gasteiger charge is 2.19. The Morgan fingerprint density at radius 1 is 1.12 bits per heavy atom. The number of amides is 1. The lowest BCUT2D eigenvalue weighted by molar-refractivity contribution is -0.118. The molecule has 2 aromatic carbocycles. The average Bonchev–Trinajstić information content (AvgIpc) is 2.55. The van der Waals surface area contributed by atoms with Crippen LogP contribution in [0.5, 0.6) is 0 Å². The minimum Gasteiger partial charge on any atom is -0.374 e. The van der Waals surface area contributed by atoms with E-state index in [1.807, 2.05) is 44.2 Å². The fourth-order valence-corrected chi connectivity index (χ4v) is 2.16. The summed E-state index contributed by atoms with van der Waals surface area (Å²) in [6.07, 6.45) is 3.09. The first-order chi connectivity index (χ1) is 11.4. The van der Waals surface area contributed by atoms with Gasteiger partial charge in [-0.3, -0.25) is 4.79 Å². The molecular weight excluding hydrogens is 305 g/mol. The van der Waals surface area contributed by atoms with Crippen LogP contribution in [-0.2, 0) is 16.1 Å². The largest absolute Gasteiger partial charge is 0.374 e. The predicted molar refractivity (Wildman–Crippen MR) is 93.8 cm³/mol. The molecule has 0 aliphatic rings. The Morgan fingerprint density at radius 3 is 2.46 bits per heavy atom. The van der Waals surface area contributed by atoms with Crippen LogP contribution in [0.1, 0.15) is 25.0 Å². The normalized spacial score (nSPS) is 11.6. The summed E-state index contributed by atoms with van der Waals surface area (Å²) in [6, 6.07) is 15.8. The number of rotatable bonds is 7. The molecule has 0 unspecified atom stereocenters. The van der Waals surface area contributed by atoms with Gasteiger partial charge in [0.25, 0.3) is 0 Å². The van der Waals surface area contributed by atoms with Crippen LogP contribution in [0.15, 0.2) is 60.7 Å². The summed E-state index contributed by atoms with van der Waals surface area (Å²) < 4.78 is 18.5. The first kappa shape index (κ1) is 17.9. The van der Waals surface area contributed by atoms with Crippen molar-refractivity contribution in [3.05, 3.63) is 77.6 Å². The van der Waals surface area contributed by atoms with Crippen molar-refractivity contribution in [1.29, 1.82) is 0 Å². The summed E-state index contributed by atoms with van der Waals surface area (Å²) in [6.45, 7) is 4.72. The molecule has 0 saturated heterocycles. The summed E-state index contributed by atoms with van der Waals surface area (Å²) in [5, 5.41) is 2.90. The Morgan fingerprint density at radius 2 is 1.79 bits per heavy atom. The first-order valence-corrected chi connectivity index (χ1v) is 7.82. The second-order valence-electron chi connectivity index (χ2n) is 6.24. The standard InChI is InChI=1S/C20H22FNO2/c1-20(2,15-24-14-17-6-4-3-5-7-17)22-19(23)13-10-16-8-11-18(21)12-9-16/h3-13H,14-15H2,1-2H3,(H,22,23)/b13-10+. The maximum Gasteiger partial charge on any atom is 0.244 e. The average molecular weight is 327 g/mol. The van der Waals surface area contributed by atoms with E-state index < -0.39 is 5.54 Å². The SMILES string of the molecule is CC(C)(COCc1ccccc1)NC(=O)/C=C/c1ccc(F)cc1. The van der Waals surface area contributed by atoms with E-state index >= 15 is 0 Å². The quantitative estimate of drug-likeness (QED) is 0.782. The molecule has 2 aromatic rings. The number of halogens is 1. The monoisotopic (exact) mass is 327 g/mol. The molecule has 0 bridgehead atoms. The zero-order valence-electron chi connectivity index (χ0n) is 14.0. The highest BCUT2D eigenvalue weighted by Crippen LogP contribution is 2.08. The van der Waals surface area contributed by atoms with Crippen molar-refractivity contribution >= 4 is 12.0 Å². The molecule has 0 fully saturated rings. The number of hydrogen-bond donors (Lipinski definition) is 1.